The quantitative estimate of drug-likeness (QED) is 0.548. The number of ether oxygens (including phenoxy) is 2. The Balaban J connectivity index is 1.98. The van der Waals surface area contributed by atoms with E-state index >= 15 is 0 Å². The van der Waals surface area contributed by atoms with Gasteiger partial charge in [-0.15, -0.1) is 0 Å². The van der Waals surface area contributed by atoms with Crippen LogP contribution >= 0.6 is 0 Å². The molecule has 1 aliphatic heterocycles. The molecule has 2 heterocycles. The van der Waals surface area contributed by atoms with E-state index in [1.807, 2.05) is 43.3 Å². The zero-order valence-electron chi connectivity index (χ0n) is 17.6. The number of benzene rings is 1. The number of piperidine rings is 1. The Kier molecular flexibility index (Phi) is 7.21. The number of nitrogens with zero attached hydrogens (tertiary/aromatic N) is 3. The molecule has 0 amide bonds. The summed E-state index contributed by atoms with van der Waals surface area (Å²) in [6.45, 7) is 3.80. The van der Waals surface area contributed by atoms with Gasteiger partial charge in [-0.3, -0.25) is 9.59 Å². The van der Waals surface area contributed by atoms with Crippen molar-refractivity contribution in [3.8, 4) is 0 Å². The molecule has 1 aromatic heterocycles. The Bertz CT molecular complexity index is 853. The van der Waals surface area contributed by atoms with Gasteiger partial charge in [-0.05, 0) is 31.7 Å². The highest BCUT2D eigenvalue weighted by molar-refractivity contribution is 5.96. The number of carbonyl (C=O) groups is 2. The van der Waals surface area contributed by atoms with Gasteiger partial charge in [-0.25, -0.2) is 4.98 Å². The lowest BCUT2D eigenvalue weighted by Gasteiger charge is -2.29. The van der Waals surface area contributed by atoms with Crippen molar-refractivity contribution < 1.29 is 19.1 Å². The number of hydrogen-bond acceptors (Lipinski definition) is 8. The fourth-order valence-corrected chi connectivity index (χ4v) is 3.68. The first-order valence-electron chi connectivity index (χ1n) is 10.1. The van der Waals surface area contributed by atoms with E-state index in [2.05, 4.69) is 20.2 Å². The van der Waals surface area contributed by atoms with E-state index < -0.39 is 23.9 Å². The summed E-state index contributed by atoms with van der Waals surface area (Å²) in [4.78, 5) is 36.4. The van der Waals surface area contributed by atoms with Crippen LogP contribution in [0.4, 0.5) is 11.8 Å². The van der Waals surface area contributed by atoms with Crippen molar-refractivity contribution in [1.29, 1.82) is 0 Å². The lowest BCUT2D eigenvalue weighted by molar-refractivity contribution is -0.159. The number of rotatable bonds is 7. The maximum atomic E-state index is 12.5. The standard InChI is InChI=1S/C22H28N4O4/c1-15-14-17(26-12-8-5-9-13-26)24-22(23-15)25-19(16-10-6-4-7-11-16)18(20(27)29-2)21(28)30-3/h4,6-7,10-11,14,18-19H,5,8-9,12-13H2,1-3H3,(H,23,24,25). The van der Waals surface area contributed by atoms with Crippen LogP contribution in [-0.4, -0.2) is 49.2 Å². The normalized spacial score (nSPS) is 14.9. The highest BCUT2D eigenvalue weighted by Gasteiger charge is 2.38. The van der Waals surface area contributed by atoms with Crippen LogP contribution in [0.1, 0.15) is 36.6 Å². The molecule has 1 aromatic carbocycles. The molecule has 0 bridgehead atoms. The van der Waals surface area contributed by atoms with Gasteiger partial charge in [0.15, 0.2) is 5.92 Å². The molecule has 8 heteroatoms. The Morgan fingerprint density at radius 2 is 1.63 bits per heavy atom. The molecule has 3 rings (SSSR count). The van der Waals surface area contributed by atoms with Gasteiger partial charge in [0.05, 0.1) is 20.3 Å². The van der Waals surface area contributed by atoms with Crippen molar-refractivity contribution in [3.05, 3.63) is 47.7 Å². The van der Waals surface area contributed by atoms with Crippen molar-refractivity contribution >= 4 is 23.7 Å². The Hall–Kier alpha value is -3.16. The highest BCUT2D eigenvalue weighted by atomic mass is 16.5. The number of aromatic nitrogens is 2. The zero-order valence-corrected chi connectivity index (χ0v) is 17.6. The van der Waals surface area contributed by atoms with Crippen LogP contribution in [0.15, 0.2) is 36.4 Å². The lowest BCUT2D eigenvalue weighted by Crippen LogP contribution is -2.36. The molecule has 1 fully saturated rings. The monoisotopic (exact) mass is 412 g/mol. The molecule has 0 aliphatic carbocycles. The fraction of sp³-hybridized carbons (Fsp3) is 0.455. The predicted octanol–water partition coefficient (Wildman–Crippen LogP) is 2.89. The van der Waals surface area contributed by atoms with Gasteiger partial charge in [-0.1, -0.05) is 30.3 Å². The van der Waals surface area contributed by atoms with Crippen molar-refractivity contribution in [2.24, 2.45) is 5.92 Å². The molecule has 0 saturated carbocycles. The van der Waals surface area contributed by atoms with Crippen LogP contribution in [0.5, 0.6) is 0 Å². The molecule has 8 nitrogen and oxygen atoms in total. The third-order valence-electron chi connectivity index (χ3n) is 5.21. The van der Waals surface area contributed by atoms with Crippen molar-refractivity contribution in [2.45, 2.75) is 32.2 Å². The third-order valence-corrected chi connectivity index (χ3v) is 5.21. The summed E-state index contributed by atoms with van der Waals surface area (Å²) in [5, 5.41) is 3.20. The second kappa shape index (κ2) is 10.0. The van der Waals surface area contributed by atoms with Crippen LogP contribution in [0.2, 0.25) is 0 Å². The SMILES string of the molecule is COC(=O)C(C(=O)OC)C(Nc1nc(C)cc(N2CCCCC2)n1)c1ccccc1. The van der Waals surface area contributed by atoms with E-state index in [0.29, 0.717) is 5.95 Å². The summed E-state index contributed by atoms with van der Waals surface area (Å²) in [5.74, 6) is -1.39. The smallest absolute Gasteiger partial charge is 0.322 e. The fourth-order valence-electron chi connectivity index (χ4n) is 3.68. The summed E-state index contributed by atoms with van der Waals surface area (Å²) >= 11 is 0. The van der Waals surface area contributed by atoms with E-state index in [4.69, 9.17) is 9.47 Å². The van der Waals surface area contributed by atoms with Gasteiger partial charge < -0.3 is 19.7 Å². The number of methoxy groups -OCH3 is 2. The number of nitrogens with one attached hydrogen (secondary N) is 1. The van der Waals surface area contributed by atoms with Crippen LogP contribution in [0.3, 0.4) is 0 Å². The van der Waals surface area contributed by atoms with Gasteiger partial charge in [0, 0.05) is 24.8 Å². The molecular formula is C22H28N4O4. The van der Waals surface area contributed by atoms with Gasteiger partial charge in [0.25, 0.3) is 0 Å². The van der Waals surface area contributed by atoms with E-state index in [9.17, 15) is 9.59 Å². The number of anilines is 2. The largest absolute Gasteiger partial charge is 0.468 e. The highest BCUT2D eigenvalue weighted by Crippen LogP contribution is 2.29. The molecule has 160 valence electrons. The second-order valence-electron chi connectivity index (χ2n) is 7.30. The average Bonchev–Trinajstić information content (AvgIpc) is 2.79. The maximum Gasteiger partial charge on any atom is 0.322 e. The number of carbonyl (C=O) groups excluding carboxylic acids is 2. The molecular weight excluding hydrogens is 384 g/mol. The number of aryl methyl sites for hydroxylation is 1. The topological polar surface area (TPSA) is 93.7 Å². The molecule has 0 spiro atoms. The summed E-state index contributed by atoms with van der Waals surface area (Å²) < 4.78 is 9.78. The molecule has 2 aromatic rings. The lowest BCUT2D eigenvalue weighted by atomic mass is 9.93. The van der Waals surface area contributed by atoms with Crippen LogP contribution in [-0.2, 0) is 19.1 Å². The summed E-state index contributed by atoms with van der Waals surface area (Å²) in [6.07, 6.45) is 3.48. The van der Waals surface area contributed by atoms with Gasteiger partial charge in [0.2, 0.25) is 5.95 Å². The molecule has 0 radical (unpaired) electrons. The molecule has 1 unspecified atom stereocenters. The van der Waals surface area contributed by atoms with Crippen molar-refractivity contribution in [1.82, 2.24) is 9.97 Å². The minimum absolute atomic E-state index is 0.349. The first-order chi connectivity index (χ1) is 14.5. The van der Waals surface area contributed by atoms with E-state index in [0.717, 1.165) is 43.0 Å². The molecule has 1 N–H and O–H groups in total. The van der Waals surface area contributed by atoms with Crippen molar-refractivity contribution in [2.75, 3.05) is 37.5 Å². The first-order valence-corrected chi connectivity index (χ1v) is 10.1. The van der Waals surface area contributed by atoms with Gasteiger partial charge in [0.1, 0.15) is 5.82 Å². The summed E-state index contributed by atoms with van der Waals surface area (Å²) in [5.41, 5.74) is 1.52. The number of hydrogen-bond donors (Lipinski definition) is 1. The predicted molar refractivity (Wildman–Crippen MR) is 113 cm³/mol. The Labute approximate surface area is 176 Å². The molecule has 1 atom stereocenters. The van der Waals surface area contributed by atoms with E-state index in [1.165, 1.54) is 20.6 Å². The minimum atomic E-state index is -1.20. The van der Waals surface area contributed by atoms with Crippen molar-refractivity contribution in [3.63, 3.8) is 0 Å². The van der Waals surface area contributed by atoms with Crippen LogP contribution in [0.25, 0.3) is 0 Å². The molecule has 1 saturated heterocycles. The average molecular weight is 412 g/mol. The van der Waals surface area contributed by atoms with E-state index in [1.54, 1.807) is 0 Å². The van der Waals surface area contributed by atoms with Gasteiger partial charge in [-0.2, -0.15) is 4.98 Å². The minimum Gasteiger partial charge on any atom is -0.468 e. The summed E-state index contributed by atoms with van der Waals surface area (Å²) in [6, 6.07) is 10.4. The van der Waals surface area contributed by atoms with Crippen LogP contribution in [0, 0.1) is 12.8 Å². The summed E-state index contributed by atoms with van der Waals surface area (Å²) in [7, 11) is 2.50. The first kappa shape index (κ1) is 21.5. The zero-order chi connectivity index (χ0) is 21.5. The number of esters is 2. The van der Waals surface area contributed by atoms with E-state index in [-0.39, 0.29) is 0 Å². The Morgan fingerprint density at radius 3 is 2.23 bits per heavy atom. The van der Waals surface area contributed by atoms with Gasteiger partial charge >= 0.3 is 11.9 Å². The second-order valence-corrected chi connectivity index (χ2v) is 7.30. The molecule has 1 aliphatic rings. The van der Waals surface area contributed by atoms with Crippen LogP contribution < -0.4 is 10.2 Å². The maximum absolute atomic E-state index is 12.5. The Morgan fingerprint density at radius 1 is 1.00 bits per heavy atom. The third kappa shape index (κ3) is 5.06. The molecule has 30 heavy (non-hydrogen) atoms.